The Balaban J connectivity index is 0.000000608. The Kier molecular flexibility index (Phi) is 22.5. The highest BCUT2D eigenvalue weighted by Crippen LogP contribution is 2.34. The van der Waals surface area contributed by atoms with Crippen LogP contribution in [-0.2, 0) is 28.8 Å². The number of hydrogen-bond donors (Lipinski definition) is 1. The third-order valence-corrected chi connectivity index (χ3v) is 5.69. The number of likely N-dealkylation sites (tertiary alicyclic amines) is 1. The molecule has 0 saturated carbocycles. The van der Waals surface area contributed by atoms with Crippen LogP contribution in [0.5, 0.6) is 0 Å². The lowest BCUT2D eigenvalue weighted by Crippen LogP contribution is -2.79. The number of hydrazine groups is 1. The SMILES string of the molecule is CB(P)I.CB(P)I.NCCN1C(=O)CCC1=O.O=C1CCC(=O)N(N2CC[N+]23C(=O)CCC3=O)CC1.[B]P(C)I. The van der Waals surface area contributed by atoms with Gasteiger partial charge in [0.15, 0.2) is 0 Å². The van der Waals surface area contributed by atoms with Gasteiger partial charge in [-0.2, -0.15) is 18.2 Å². The number of Topliss-reactive ketones (excluding diaryl/α,β-unsaturated/α-hetero) is 1. The molecule has 3 atom stereocenters. The third kappa shape index (κ3) is 15.3. The normalized spacial score (nSPS) is 20.3. The van der Waals surface area contributed by atoms with Crippen LogP contribution in [0.1, 0.15) is 44.9 Å². The van der Waals surface area contributed by atoms with E-state index < -0.39 is 0 Å². The smallest absolute Gasteiger partial charge is 0.329 e. The second-order valence-corrected chi connectivity index (χ2v) is 23.5. The average Bonchev–Trinajstić information content (AvgIpc) is 3.26. The van der Waals surface area contributed by atoms with Gasteiger partial charge in [0, 0.05) is 51.7 Å². The Bertz CT molecular complexity index is 888. The number of quaternary nitrogens is 1. The largest absolute Gasteiger partial charge is 0.342 e. The number of nitrogens with zero attached hydrogens (tertiary/aromatic N) is 4. The molecule has 2 radical (unpaired) electrons. The third-order valence-electron chi connectivity index (χ3n) is 5.69. The number of carbonyl (C=O) groups is 6. The van der Waals surface area contributed by atoms with E-state index in [1.54, 1.807) is 5.12 Å². The van der Waals surface area contributed by atoms with E-state index in [0.717, 1.165) is 8.58 Å². The number of amides is 5. The summed E-state index contributed by atoms with van der Waals surface area (Å²) in [5.74, 6) is -0.567. The number of hydrogen-bond acceptors (Lipinski definition) is 8. The van der Waals surface area contributed by atoms with Crippen LogP contribution in [-0.4, -0.2) is 110 Å². The molecule has 1 spiro atoms. The summed E-state index contributed by atoms with van der Waals surface area (Å²) in [6.07, 6.45) is 1.93. The lowest BCUT2D eigenvalue weighted by molar-refractivity contribution is -0.967. The maximum absolute atomic E-state index is 12.0. The van der Waals surface area contributed by atoms with Crippen LogP contribution in [0, 0.1) is 0 Å². The van der Waals surface area contributed by atoms with Gasteiger partial charge in [0.2, 0.25) is 26.3 Å². The molecular formula is C21H39B3I3N5O6P3+. The molecule has 228 valence electrons. The van der Waals surface area contributed by atoms with Crippen LogP contribution in [0.25, 0.3) is 0 Å². The van der Waals surface area contributed by atoms with E-state index in [4.69, 9.17) is 13.3 Å². The Morgan fingerprint density at radius 2 is 1.27 bits per heavy atom. The lowest BCUT2D eigenvalue weighted by Gasteiger charge is -2.50. The molecule has 41 heavy (non-hydrogen) atoms. The molecule has 0 aromatic heterocycles. The van der Waals surface area contributed by atoms with Crippen molar-refractivity contribution in [2.45, 2.75) is 58.6 Å². The Morgan fingerprint density at radius 1 is 0.854 bits per heavy atom. The van der Waals surface area contributed by atoms with Gasteiger partial charge in [-0.25, -0.2) is 14.6 Å². The molecule has 3 unspecified atom stereocenters. The highest BCUT2D eigenvalue weighted by molar-refractivity contribution is 14.2. The van der Waals surface area contributed by atoms with Gasteiger partial charge in [-0.05, 0) is 11.8 Å². The summed E-state index contributed by atoms with van der Waals surface area (Å²) >= 11 is 6.80. The number of halogens is 3. The lowest BCUT2D eigenvalue weighted by atomic mass is 10.2. The first-order valence-corrected chi connectivity index (χ1v) is 21.5. The Morgan fingerprint density at radius 3 is 1.63 bits per heavy atom. The molecule has 4 fully saturated rings. The molecule has 0 aromatic carbocycles. The standard InChI is InChI=1S/C12H16N3O4.C6H10N2O2.CH3BIP.2CH5BIP/c16-9-1-2-10(17)13(6-5-9)14-7-8-15(14)11(18)3-4-12(15)19;7-3-4-8-5(9)1-2-6(8)10;1-4(2)3;2*1-2(3)4/h1-8H2;1-4,7H2;1H3;2*4H2,1H3/q+1;;;;. The summed E-state index contributed by atoms with van der Waals surface area (Å²) in [5, 5.41) is 2.99. The molecule has 4 aliphatic rings. The van der Waals surface area contributed by atoms with Crippen LogP contribution in [0.2, 0.25) is 13.6 Å². The van der Waals surface area contributed by atoms with Crippen LogP contribution >= 0.6 is 90.5 Å². The van der Waals surface area contributed by atoms with Gasteiger partial charge in [0.05, 0.1) is 12.8 Å². The summed E-state index contributed by atoms with van der Waals surface area (Å²) in [6.45, 7) is 8.19. The molecule has 0 aliphatic carbocycles. The Labute approximate surface area is 291 Å². The fourth-order valence-electron chi connectivity index (χ4n) is 4.03. The van der Waals surface area contributed by atoms with Crippen molar-refractivity contribution in [2.24, 2.45) is 5.73 Å². The van der Waals surface area contributed by atoms with Crippen molar-refractivity contribution in [2.75, 3.05) is 39.4 Å². The van der Waals surface area contributed by atoms with E-state index in [-0.39, 0.29) is 77.6 Å². The van der Waals surface area contributed by atoms with Gasteiger partial charge in [0.25, 0.3) is 0 Å². The van der Waals surface area contributed by atoms with Crippen molar-refractivity contribution in [3.63, 3.8) is 0 Å². The van der Waals surface area contributed by atoms with Crippen LogP contribution < -0.4 is 5.73 Å². The maximum atomic E-state index is 12.0. The van der Waals surface area contributed by atoms with E-state index in [1.807, 2.05) is 6.66 Å². The fourth-order valence-corrected chi connectivity index (χ4v) is 4.03. The van der Waals surface area contributed by atoms with E-state index in [2.05, 4.69) is 98.7 Å². The highest BCUT2D eigenvalue weighted by atomic mass is 127. The minimum atomic E-state index is -0.333. The molecule has 4 heterocycles. The summed E-state index contributed by atoms with van der Waals surface area (Å²) in [7, 11) is 10.5. The van der Waals surface area contributed by atoms with Gasteiger partial charge in [-0.3, -0.25) is 24.1 Å². The second-order valence-electron chi connectivity index (χ2n) is 9.29. The first-order valence-electron chi connectivity index (χ1n) is 13.0. The van der Waals surface area contributed by atoms with Crippen molar-refractivity contribution in [1.82, 2.24) is 15.0 Å². The minimum Gasteiger partial charge on any atom is -0.329 e. The molecule has 2 N–H and O–H groups in total. The summed E-state index contributed by atoms with van der Waals surface area (Å²) in [6, 6.07) is 0. The van der Waals surface area contributed by atoms with Crippen LogP contribution in [0.3, 0.4) is 0 Å². The van der Waals surface area contributed by atoms with E-state index in [1.165, 1.54) is 9.91 Å². The van der Waals surface area contributed by atoms with Crippen molar-refractivity contribution >= 4 is 142 Å². The van der Waals surface area contributed by atoms with Gasteiger partial charge in [0.1, 0.15) is 26.4 Å². The quantitative estimate of drug-likeness (QED) is 0.150. The summed E-state index contributed by atoms with van der Waals surface area (Å²) < 4.78 is 1.11. The zero-order valence-electron chi connectivity index (χ0n) is 23.8. The highest BCUT2D eigenvalue weighted by Gasteiger charge is 2.63. The average molecular weight is 964 g/mol. The maximum Gasteiger partial charge on any atom is 0.342 e. The monoisotopic (exact) mass is 964 g/mol. The zero-order chi connectivity index (χ0) is 31.9. The van der Waals surface area contributed by atoms with Gasteiger partial charge in [-0.15, -0.1) is 44.7 Å². The molecule has 20 heteroatoms. The van der Waals surface area contributed by atoms with Crippen LogP contribution in [0.4, 0.5) is 0 Å². The first-order chi connectivity index (χ1) is 19.0. The number of nitrogens with two attached hydrogens (primary N) is 1. The predicted molar refractivity (Wildman–Crippen MR) is 200 cm³/mol. The molecule has 11 nitrogen and oxygen atoms in total. The minimum absolute atomic E-state index is 0.0574. The number of carbonyl (C=O) groups excluding carboxylic acids is 6. The molecule has 4 rings (SSSR count). The molecular weight excluding hydrogens is 924 g/mol. The molecule has 0 aromatic rings. The van der Waals surface area contributed by atoms with Crippen LogP contribution in [0.15, 0.2) is 0 Å². The molecule has 5 amide bonds. The topological polar surface area (TPSA) is 138 Å². The van der Waals surface area contributed by atoms with Crippen molar-refractivity contribution < 1.29 is 33.4 Å². The van der Waals surface area contributed by atoms with E-state index >= 15 is 0 Å². The molecule has 4 saturated heterocycles. The van der Waals surface area contributed by atoms with Crippen molar-refractivity contribution in [3.05, 3.63) is 0 Å². The zero-order valence-corrected chi connectivity index (χ0v) is 33.4. The van der Waals surface area contributed by atoms with Crippen molar-refractivity contribution in [1.29, 1.82) is 0 Å². The molecule has 4 aliphatic heterocycles. The molecule has 0 bridgehead atoms. The number of rotatable bonds is 3. The van der Waals surface area contributed by atoms with Gasteiger partial charge in [-0.1, -0.05) is 45.7 Å². The first kappa shape index (κ1) is 42.2. The second kappa shape index (κ2) is 21.8. The van der Waals surface area contributed by atoms with Crippen molar-refractivity contribution in [3.8, 4) is 0 Å². The predicted octanol–water partition coefficient (Wildman–Crippen LogP) is 2.83. The number of imide groups is 2. The van der Waals surface area contributed by atoms with Gasteiger partial charge >= 0.3 is 11.8 Å². The number of ketones is 1. The summed E-state index contributed by atoms with van der Waals surface area (Å²) in [4.78, 5) is 70.3. The Hall–Kier alpha value is 1.17. The summed E-state index contributed by atoms with van der Waals surface area (Å²) in [5.41, 5.74) is 5.04. The van der Waals surface area contributed by atoms with E-state index in [0.29, 0.717) is 45.4 Å². The fraction of sp³-hybridized carbons (Fsp3) is 0.714. The van der Waals surface area contributed by atoms with E-state index in [9.17, 15) is 28.8 Å². The van der Waals surface area contributed by atoms with Gasteiger partial charge < -0.3 is 5.73 Å².